The summed E-state index contributed by atoms with van der Waals surface area (Å²) >= 11 is 0. The molecule has 0 aliphatic rings. The third-order valence-electron chi connectivity index (χ3n) is 4.80. The summed E-state index contributed by atoms with van der Waals surface area (Å²) < 4.78 is 55.6. The van der Waals surface area contributed by atoms with Crippen LogP contribution in [0.1, 0.15) is 31.1 Å². The quantitative estimate of drug-likeness (QED) is 0.581. The Morgan fingerprint density at radius 2 is 1.71 bits per heavy atom. The van der Waals surface area contributed by atoms with Crippen molar-refractivity contribution in [3.05, 3.63) is 77.6 Å². The molecule has 7 nitrogen and oxygen atoms in total. The highest BCUT2D eigenvalue weighted by Gasteiger charge is 2.26. The molecule has 0 saturated carbocycles. The Balaban J connectivity index is 1.70. The van der Waals surface area contributed by atoms with Gasteiger partial charge in [-0.25, -0.2) is 21.9 Å². The van der Waals surface area contributed by atoms with Gasteiger partial charge in [0, 0.05) is 11.3 Å². The van der Waals surface area contributed by atoms with Crippen LogP contribution in [0.25, 0.3) is 5.69 Å². The molecule has 1 heterocycles. The minimum absolute atomic E-state index is 0.360. The lowest BCUT2D eigenvalue weighted by Gasteiger charge is -2.19. The van der Waals surface area contributed by atoms with Gasteiger partial charge >= 0.3 is 0 Å². The number of nitrogens with one attached hydrogen (secondary N) is 2. The van der Waals surface area contributed by atoms with Crippen molar-refractivity contribution >= 4 is 15.9 Å². The number of halogens is 2. The maximum Gasteiger partial charge on any atom is 0.244 e. The molecule has 0 fully saturated rings. The Labute approximate surface area is 179 Å². The van der Waals surface area contributed by atoms with Gasteiger partial charge in [0.05, 0.1) is 24.0 Å². The highest BCUT2D eigenvalue weighted by atomic mass is 32.2. The van der Waals surface area contributed by atoms with Crippen molar-refractivity contribution in [1.82, 2.24) is 19.8 Å². The summed E-state index contributed by atoms with van der Waals surface area (Å²) in [4.78, 5) is 12.0. The summed E-state index contributed by atoms with van der Waals surface area (Å²) in [5.74, 6) is -1.85. The maximum absolute atomic E-state index is 13.8. The van der Waals surface area contributed by atoms with Crippen molar-refractivity contribution in [2.75, 3.05) is 0 Å². The van der Waals surface area contributed by atoms with Gasteiger partial charge in [0.2, 0.25) is 15.9 Å². The van der Waals surface area contributed by atoms with Crippen molar-refractivity contribution in [1.29, 1.82) is 0 Å². The lowest BCUT2D eigenvalue weighted by molar-refractivity contribution is -0.123. The molecule has 2 N–H and O–H groups in total. The topological polar surface area (TPSA) is 93.1 Å². The molecule has 0 bridgehead atoms. The van der Waals surface area contributed by atoms with E-state index < -0.39 is 38.7 Å². The standard InChI is InChI=1S/C21H22F2N4O3S/c1-13(18-12-24-27(15(18)3)17-10-8-16(22)9-11-17)25-21(28)14(2)26-31(29,30)20-7-5-4-6-19(20)23/h4-14,26H,1-3H3,(H,25,28)/t13?,14-/m0/s1. The highest BCUT2D eigenvalue weighted by molar-refractivity contribution is 7.89. The summed E-state index contributed by atoms with van der Waals surface area (Å²) in [6.07, 6.45) is 1.58. The molecule has 2 aromatic carbocycles. The number of aromatic nitrogens is 2. The molecule has 1 amide bonds. The Bertz CT molecular complexity index is 1190. The molecular formula is C21H22F2N4O3S. The molecule has 31 heavy (non-hydrogen) atoms. The van der Waals surface area contributed by atoms with Crippen molar-refractivity contribution in [3.63, 3.8) is 0 Å². The second-order valence-electron chi connectivity index (χ2n) is 7.08. The first-order chi connectivity index (χ1) is 14.6. The van der Waals surface area contributed by atoms with Crippen LogP contribution in [-0.2, 0) is 14.8 Å². The zero-order valence-electron chi connectivity index (χ0n) is 17.1. The normalized spacial score (nSPS) is 13.6. The average molecular weight is 448 g/mol. The Hall–Kier alpha value is -3.11. The molecule has 3 aromatic rings. The zero-order chi connectivity index (χ0) is 22.8. The zero-order valence-corrected chi connectivity index (χ0v) is 18.0. The minimum atomic E-state index is -4.21. The summed E-state index contributed by atoms with van der Waals surface area (Å²) in [6, 6.07) is 9.12. The fourth-order valence-corrected chi connectivity index (χ4v) is 4.40. The first kappa shape index (κ1) is 22.6. The van der Waals surface area contributed by atoms with Crippen LogP contribution in [0.15, 0.2) is 59.6 Å². The van der Waals surface area contributed by atoms with Gasteiger partial charge in [0.1, 0.15) is 16.5 Å². The lowest BCUT2D eigenvalue weighted by Crippen LogP contribution is -2.45. The van der Waals surface area contributed by atoms with Crippen LogP contribution in [0.5, 0.6) is 0 Å². The Morgan fingerprint density at radius 3 is 2.35 bits per heavy atom. The van der Waals surface area contributed by atoms with Gasteiger partial charge in [-0.2, -0.15) is 9.82 Å². The molecule has 1 unspecified atom stereocenters. The van der Waals surface area contributed by atoms with Gasteiger partial charge < -0.3 is 5.32 Å². The molecule has 3 rings (SSSR count). The second kappa shape index (κ2) is 8.94. The van der Waals surface area contributed by atoms with E-state index in [1.54, 1.807) is 36.9 Å². The van der Waals surface area contributed by atoms with Crippen LogP contribution in [0.4, 0.5) is 8.78 Å². The van der Waals surface area contributed by atoms with E-state index in [1.807, 2.05) is 0 Å². The fourth-order valence-electron chi connectivity index (χ4n) is 3.12. The number of hydrogen-bond donors (Lipinski definition) is 2. The predicted octanol–water partition coefficient (Wildman–Crippen LogP) is 3.00. The Morgan fingerprint density at radius 1 is 1.06 bits per heavy atom. The van der Waals surface area contributed by atoms with Gasteiger partial charge in [0.15, 0.2) is 0 Å². The van der Waals surface area contributed by atoms with Gasteiger partial charge in [0.25, 0.3) is 0 Å². The first-order valence-corrected chi connectivity index (χ1v) is 11.0. The number of nitrogens with zero attached hydrogens (tertiary/aromatic N) is 2. The van der Waals surface area contributed by atoms with Crippen molar-refractivity contribution in [2.24, 2.45) is 0 Å². The molecule has 10 heteroatoms. The number of carbonyl (C=O) groups is 1. The van der Waals surface area contributed by atoms with Crippen LogP contribution in [0.3, 0.4) is 0 Å². The van der Waals surface area contributed by atoms with Gasteiger partial charge in [-0.3, -0.25) is 4.79 Å². The van der Waals surface area contributed by atoms with Crippen LogP contribution in [0.2, 0.25) is 0 Å². The molecular weight excluding hydrogens is 426 g/mol. The fraction of sp³-hybridized carbons (Fsp3) is 0.238. The number of sulfonamides is 1. The van der Waals surface area contributed by atoms with E-state index in [4.69, 9.17) is 0 Å². The number of amides is 1. The molecule has 1 aromatic heterocycles. The first-order valence-electron chi connectivity index (χ1n) is 9.48. The number of hydrogen-bond acceptors (Lipinski definition) is 4. The molecule has 0 saturated heterocycles. The maximum atomic E-state index is 13.8. The monoisotopic (exact) mass is 448 g/mol. The summed E-state index contributed by atoms with van der Waals surface area (Å²) in [5.41, 5.74) is 2.11. The smallest absolute Gasteiger partial charge is 0.244 e. The molecule has 164 valence electrons. The molecule has 0 aliphatic heterocycles. The van der Waals surface area contributed by atoms with Gasteiger partial charge in [-0.05, 0) is 57.2 Å². The molecule has 0 aliphatic carbocycles. The van der Waals surface area contributed by atoms with Crippen molar-refractivity contribution in [2.45, 2.75) is 37.8 Å². The van der Waals surface area contributed by atoms with Crippen molar-refractivity contribution < 1.29 is 22.0 Å². The Kier molecular flexibility index (Phi) is 6.51. The van der Waals surface area contributed by atoms with E-state index in [1.165, 1.54) is 31.2 Å². The van der Waals surface area contributed by atoms with E-state index in [0.29, 0.717) is 11.3 Å². The van der Waals surface area contributed by atoms with Crippen LogP contribution in [-0.4, -0.2) is 30.1 Å². The van der Waals surface area contributed by atoms with E-state index >= 15 is 0 Å². The number of carbonyl (C=O) groups excluding carboxylic acids is 1. The molecule has 0 spiro atoms. The minimum Gasteiger partial charge on any atom is -0.348 e. The average Bonchev–Trinajstić information content (AvgIpc) is 3.09. The van der Waals surface area contributed by atoms with Crippen molar-refractivity contribution in [3.8, 4) is 5.69 Å². The summed E-state index contributed by atoms with van der Waals surface area (Å²) in [6.45, 7) is 4.91. The van der Waals surface area contributed by atoms with E-state index in [2.05, 4.69) is 15.1 Å². The number of rotatable bonds is 7. The van der Waals surface area contributed by atoms with Crippen LogP contribution >= 0.6 is 0 Å². The van der Waals surface area contributed by atoms with E-state index in [-0.39, 0.29) is 5.82 Å². The third-order valence-corrected chi connectivity index (χ3v) is 6.37. The van der Waals surface area contributed by atoms with Gasteiger partial charge in [-0.1, -0.05) is 12.1 Å². The van der Waals surface area contributed by atoms with E-state index in [0.717, 1.165) is 17.8 Å². The number of benzene rings is 2. The largest absolute Gasteiger partial charge is 0.348 e. The molecule has 0 radical (unpaired) electrons. The summed E-state index contributed by atoms with van der Waals surface area (Å²) in [7, 11) is -4.21. The van der Waals surface area contributed by atoms with Crippen LogP contribution < -0.4 is 10.0 Å². The predicted molar refractivity (Wildman–Crippen MR) is 111 cm³/mol. The second-order valence-corrected chi connectivity index (χ2v) is 8.76. The third kappa shape index (κ3) is 4.97. The lowest BCUT2D eigenvalue weighted by atomic mass is 10.1. The molecule has 2 atom stereocenters. The SMILES string of the molecule is Cc1c(C(C)NC(=O)[C@H](C)NS(=O)(=O)c2ccccc2F)cnn1-c1ccc(F)cc1. The van der Waals surface area contributed by atoms with Crippen LogP contribution in [0, 0.1) is 18.6 Å². The van der Waals surface area contributed by atoms with Gasteiger partial charge in [-0.15, -0.1) is 0 Å². The highest BCUT2D eigenvalue weighted by Crippen LogP contribution is 2.21. The van der Waals surface area contributed by atoms with E-state index in [9.17, 15) is 22.0 Å². The summed E-state index contributed by atoms with van der Waals surface area (Å²) in [5, 5.41) is 7.01.